The smallest absolute Gasteiger partial charge is 0.352 e. The molecule has 1 aromatic heterocycles. The summed E-state index contributed by atoms with van der Waals surface area (Å²) in [5, 5.41) is 30.7. The van der Waals surface area contributed by atoms with Crippen LogP contribution in [0.5, 0.6) is 0 Å². The van der Waals surface area contributed by atoms with E-state index in [1.165, 1.54) is 12.3 Å². The number of aromatic amines is 1. The summed E-state index contributed by atoms with van der Waals surface area (Å²) in [7, 11) is 0. The molecule has 4 heterocycles. The molecule has 3 aliphatic rings. The van der Waals surface area contributed by atoms with Crippen LogP contribution in [0.25, 0.3) is 0 Å². The second kappa shape index (κ2) is 8.94. The van der Waals surface area contributed by atoms with E-state index in [9.17, 15) is 29.1 Å². The number of hydrazine groups is 1. The molecule has 0 saturated carbocycles. The molecule has 2 saturated heterocycles. The van der Waals surface area contributed by atoms with E-state index in [2.05, 4.69) is 10.3 Å². The van der Waals surface area contributed by atoms with Crippen molar-refractivity contribution in [1.82, 2.24) is 25.2 Å². The number of thioether (sulfide) groups is 1. The van der Waals surface area contributed by atoms with Crippen LogP contribution < -0.4 is 10.1 Å². The molecule has 16 heteroatoms. The largest absolute Gasteiger partial charge is 0.477 e. The molecule has 4 amide bonds. The van der Waals surface area contributed by atoms with Gasteiger partial charge in [0, 0.05) is 30.2 Å². The third-order valence-corrected chi connectivity index (χ3v) is 7.28. The molecule has 3 aliphatic heterocycles. The molecule has 1 unspecified atom stereocenters. The molecule has 1 aromatic rings. The Labute approximate surface area is 199 Å². The van der Waals surface area contributed by atoms with Crippen molar-refractivity contribution in [2.45, 2.75) is 18.3 Å². The van der Waals surface area contributed by atoms with Crippen molar-refractivity contribution in [1.29, 1.82) is 10.8 Å². The Balaban J connectivity index is 1.67. The summed E-state index contributed by atoms with van der Waals surface area (Å²) in [5.74, 6) is -3.57. The molecular formula is C18H19N7O7S2. The minimum atomic E-state index is -1.39. The van der Waals surface area contributed by atoms with Crippen molar-refractivity contribution >= 4 is 58.6 Å². The SMILES string of the molecule is CC(=O)OCC1=C(C(=O)O)N2C(=O)C(N(C(=O)C(=N)c3csc(=N)[nH]3)N3CCNC3=O)[C@@H]2SC1. The van der Waals surface area contributed by atoms with Crippen molar-refractivity contribution in [2.24, 2.45) is 0 Å². The molecule has 0 spiro atoms. The van der Waals surface area contributed by atoms with Gasteiger partial charge in [0.2, 0.25) is 0 Å². The number of amides is 4. The van der Waals surface area contributed by atoms with Crippen LogP contribution >= 0.6 is 23.1 Å². The lowest BCUT2D eigenvalue weighted by Gasteiger charge is -2.53. The number of nitrogens with one attached hydrogen (secondary N) is 4. The van der Waals surface area contributed by atoms with Crippen molar-refractivity contribution in [3.63, 3.8) is 0 Å². The number of carbonyl (C=O) groups is 5. The van der Waals surface area contributed by atoms with E-state index in [0.717, 1.165) is 38.0 Å². The maximum Gasteiger partial charge on any atom is 0.352 e. The van der Waals surface area contributed by atoms with Gasteiger partial charge in [-0.2, -0.15) is 0 Å². The zero-order valence-electron chi connectivity index (χ0n) is 17.6. The summed E-state index contributed by atoms with van der Waals surface area (Å²) < 4.78 is 4.91. The molecule has 180 valence electrons. The predicted octanol–water partition coefficient (Wildman–Crippen LogP) is -1.12. The van der Waals surface area contributed by atoms with Crippen LogP contribution in [0.1, 0.15) is 12.6 Å². The Hall–Kier alpha value is -3.66. The van der Waals surface area contributed by atoms with E-state index in [-0.39, 0.29) is 47.2 Å². The molecule has 2 atom stereocenters. The number of rotatable bonds is 7. The van der Waals surface area contributed by atoms with Gasteiger partial charge in [-0.25, -0.2) is 19.6 Å². The van der Waals surface area contributed by atoms with Gasteiger partial charge in [0.15, 0.2) is 10.8 Å². The summed E-state index contributed by atoms with van der Waals surface area (Å²) in [5.41, 5.74) is -0.592. The van der Waals surface area contributed by atoms with Gasteiger partial charge < -0.3 is 20.1 Å². The summed E-state index contributed by atoms with van der Waals surface area (Å²) in [6.07, 6.45) is 0. The maximum atomic E-state index is 13.3. The monoisotopic (exact) mass is 509 g/mol. The molecule has 0 radical (unpaired) electrons. The Morgan fingerprint density at radius 2 is 2.09 bits per heavy atom. The highest BCUT2D eigenvalue weighted by molar-refractivity contribution is 8.00. The van der Waals surface area contributed by atoms with Crippen LogP contribution in [0.15, 0.2) is 16.7 Å². The third kappa shape index (κ3) is 3.94. The first kappa shape index (κ1) is 23.5. The quantitative estimate of drug-likeness (QED) is 0.173. The molecule has 0 aromatic carbocycles. The number of hydrogen-bond acceptors (Lipinski definition) is 10. The fourth-order valence-corrected chi connectivity index (χ4v) is 5.70. The van der Waals surface area contributed by atoms with Crippen LogP contribution in [0.4, 0.5) is 4.79 Å². The highest BCUT2D eigenvalue weighted by Gasteiger charge is 2.59. The van der Waals surface area contributed by atoms with Crippen LogP contribution in [-0.2, 0) is 23.9 Å². The number of aromatic nitrogens is 1. The van der Waals surface area contributed by atoms with Crippen LogP contribution in [0, 0.1) is 10.8 Å². The predicted molar refractivity (Wildman–Crippen MR) is 116 cm³/mol. The summed E-state index contributed by atoms with van der Waals surface area (Å²) in [6, 6.07) is -1.87. The number of esters is 1. The maximum absolute atomic E-state index is 13.3. The van der Waals surface area contributed by atoms with Gasteiger partial charge in [0.1, 0.15) is 23.4 Å². The van der Waals surface area contributed by atoms with Gasteiger partial charge in [-0.15, -0.1) is 23.1 Å². The van der Waals surface area contributed by atoms with Crippen molar-refractivity contribution < 1.29 is 33.8 Å². The van der Waals surface area contributed by atoms with E-state index in [4.69, 9.17) is 15.6 Å². The van der Waals surface area contributed by atoms with E-state index in [0.29, 0.717) is 0 Å². The number of hydrogen-bond donors (Lipinski definition) is 5. The van der Waals surface area contributed by atoms with Gasteiger partial charge >= 0.3 is 18.0 Å². The number of carbonyl (C=O) groups excluding carboxylic acids is 4. The van der Waals surface area contributed by atoms with Gasteiger partial charge in [-0.3, -0.25) is 30.1 Å². The normalized spacial score (nSPS) is 21.6. The average molecular weight is 510 g/mol. The number of carboxylic acids is 1. The number of nitrogens with zero attached hydrogens (tertiary/aromatic N) is 3. The molecule has 0 aliphatic carbocycles. The number of β-lactam (4-membered cyclic amide) rings is 1. The van der Waals surface area contributed by atoms with Crippen molar-refractivity contribution in [2.75, 3.05) is 25.4 Å². The number of urea groups is 1. The molecule has 4 rings (SSSR count). The average Bonchev–Trinajstić information content (AvgIpc) is 3.41. The molecule has 2 fully saturated rings. The standard InChI is InChI=1S/C18H19N7O7S2/c1-7(26)32-4-8-5-33-15-12(14(28)24(15)11(8)16(29)30)25(23-3-2-21-18(23)31)13(27)10(19)9-6-34-17(20)22-9/h6,12,15,19H,2-5H2,1H3,(H2,20,22)(H,21,31)(H,29,30)/t12?,15-/m0/s1. The van der Waals surface area contributed by atoms with Gasteiger partial charge in [0.25, 0.3) is 11.8 Å². The molecular weight excluding hydrogens is 490 g/mol. The first-order valence-electron chi connectivity index (χ1n) is 9.85. The van der Waals surface area contributed by atoms with Gasteiger partial charge in [0.05, 0.1) is 12.2 Å². The topological polar surface area (TPSA) is 200 Å². The summed E-state index contributed by atoms with van der Waals surface area (Å²) in [4.78, 5) is 65.7. The number of aliphatic carboxylic acids is 1. The van der Waals surface area contributed by atoms with E-state index in [1.54, 1.807) is 0 Å². The number of ether oxygens (including phenoxy) is 1. The first-order chi connectivity index (χ1) is 16.1. The fourth-order valence-electron chi connectivity index (χ4n) is 3.76. The second-order valence-corrected chi connectivity index (χ2v) is 9.36. The molecule has 14 nitrogen and oxygen atoms in total. The third-order valence-electron chi connectivity index (χ3n) is 5.26. The number of carboxylic acid groups (broad SMARTS) is 1. The summed E-state index contributed by atoms with van der Waals surface area (Å²) in [6.45, 7) is 1.16. The van der Waals surface area contributed by atoms with Crippen molar-refractivity contribution in [3.8, 4) is 0 Å². The van der Waals surface area contributed by atoms with Crippen molar-refractivity contribution in [3.05, 3.63) is 27.1 Å². The summed E-state index contributed by atoms with van der Waals surface area (Å²) >= 11 is 2.13. The van der Waals surface area contributed by atoms with E-state index in [1.807, 2.05) is 0 Å². The van der Waals surface area contributed by atoms with Crippen LogP contribution in [0.3, 0.4) is 0 Å². The molecule has 5 N–H and O–H groups in total. The minimum absolute atomic E-state index is 0.0169. The van der Waals surface area contributed by atoms with Gasteiger partial charge in [-0.05, 0) is 0 Å². The van der Waals surface area contributed by atoms with E-state index >= 15 is 0 Å². The number of H-pyrrole nitrogens is 1. The highest BCUT2D eigenvalue weighted by Crippen LogP contribution is 2.43. The Kier molecular flexibility index (Phi) is 6.18. The first-order valence-corrected chi connectivity index (χ1v) is 11.8. The lowest BCUT2D eigenvalue weighted by Crippen LogP contribution is -2.74. The molecule has 0 bridgehead atoms. The Morgan fingerprint density at radius 3 is 2.65 bits per heavy atom. The molecule has 34 heavy (non-hydrogen) atoms. The van der Waals surface area contributed by atoms with E-state index < -0.39 is 46.9 Å². The Morgan fingerprint density at radius 1 is 1.35 bits per heavy atom. The zero-order valence-corrected chi connectivity index (χ0v) is 19.2. The highest BCUT2D eigenvalue weighted by atomic mass is 32.2. The lowest BCUT2D eigenvalue weighted by molar-refractivity contribution is -0.169. The number of fused-ring (bicyclic) bond motifs is 1. The second-order valence-electron chi connectivity index (χ2n) is 7.38. The number of thiazole rings is 1. The minimum Gasteiger partial charge on any atom is -0.477 e. The fraction of sp³-hybridized carbons (Fsp3) is 0.389. The van der Waals surface area contributed by atoms with Crippen LogP contribution in [-0.4, -0.2) is 97.4 Å². The van der Waals surface area contributed by atoms with Crippen LogP contribution in [0.2, 0.25) is 0 Å². The lowest BCUT2D eigenvalue weighted by atomic mass is 10.0. The zero-order chi connectivity index (χ0) is 24.7. The Bertz CT molecular complexity index is 1210. The van der Waals surface area contributed by atoms with Gasteiger partial charge in [-0.1, -0.05) is 0 Å².